The van der Waals surface area contributed by atoms with Crippen LogP contribution in [0.3, 0.4) is 0 Å². The molecule has 138 valence electrons. The minimum absolute atomic E-state index is 0.199. The number of anilines is 1. The van der Waals surface area contributed by atoms with Crippen LogP contribution in [-0.2, 0) is 16.0 Å². The average Bonchev–Trinajstić information content (AvgIpc) is 3.07. The summed E-state index contributed by atoms with van der Waals surface area (Å²) in [7, 11) is 0. The lowest BCUT2D eigenvalue weighted by molar-refractivity contribution is -0.115. The SMILES string of the molecule is CCOC(=O)c1sc(-c2ccc(F)cc2)cc1NC(=O)Cc1ccccc1. The number of rotatable bonds is 6. The van der Waals surface area contributed by atoms with Crippen molar-refractivity contribution in [2.45, 2.75) is 13.3 Å². The zero-order valence-electron chi connectivity index (χ0n) is 14.7. The summed E-state index contributed by atoms with van der Waals surface area (Å²) in [6.07, 6.45) is 0.199. The van der Waals surface area contributed by atoms with Crippen LogP contribution in [0.4, 0.5) is 10.1 Å². The van der Waals surface area contributed by atoms with Crippen LogP contribution in [0, 0.1) is 5.82 Å². The summed E-state index contributed by atoms with van der Waals surface area (Å²) in [6, 6.07) is 17.0. The topological polar surface area (TPSA) is 55.4 Å². The van der Waals surface area contributed by atoms with Crippen LogP contribution in [-0.4, -0.2) is 18.5 Å². The Bertz CT molecular complexity index is 936. The zero-order chi connectivity index (χ0) is 19.2. The Labute approximate surface area is 160 Å². The van der Waals surface area contributed by atoms with Gasteiger partial charge < -0.3 is 10.1 Å². The molecule has 0 aliphatic heterocycles. The van der Waals surface area contributed by atoms with Crippen molar-refractivity contribution in [1.29, 1.82) is 0 Å². The van der Waals surface area contributed by atoms with Crippen molar-refractivity contribution in [3.05, 3.63) is 76.9 Å². The van der Waals surface area contributed by atoms with Gasteiger partial charge in [-0.1, -0.05) is 42.5 Å². The smallest absolute Gasteiger partial charge is 0.350 e. The molecule has 4 nitrogen and oxygen atoms in total. The van der Waals surface area contributed by atoms with E-state index in [2.05, 4.69) is 5.32 Å². The maximum Gasteiger partial charge on any atom is 0.350 e. The molecule has 27 heavy (non-hydrogen) atoms. The first-order valence-electron chi connectivity index (χ1n) is 8.47. The molecule has 3 rings (SSSR count). The molecule has 0 unspecified atom stereocenters. The molecular formula is C21H18FNO3S. The minimum Gasteiger partial charge on any atom is -0.462 e. The van der Waals surface area contributed by atoms with Gasteiger partial charge in [-0.3, -0.25) is 4.79 Å². The number of carbonyl (C=O) groups is 2. The van der Waals surface area contributed by atoms with E-state index in [-0.39, 0.29) is 24.8 Å². The van der Waals surface area contributed by atoms with Crippen LogP contribution in [0.25, 0.3) is 10.4 Å². The molecule has 0 bridgehead atoms. The fourth-order valence-corrected chi connectivity index (χ4v) is 3.58. The van der Waals surface area contributed by atoms with E-state index >= 15 is 0 Å². The largest absolute Gasteiger partial charge is 0.462 e. The molecule has 1 amide bonds. The normalized spacial score (nSPS) is 10.4. The van der Waals surface area contributed by atoms with E-state index in [0.717, 1.165) is 16.0 Å². The van der Waals surface area contributed by atoms with Crippen LogP contribution in [0.2, 0.25) is 0 Å². The van der Waals surface area contributed by atoms with Gasteiger partial charge in [0.2, 0.25) is 5.91 Å². The van der Waals surface area contributed by atoms with E-state index in [1.807, 2.05) is 30.3 Å². The van der Waals surface area contributed by atoms with Crippen LogP contribution in [0.5, 0.6) is 0 Å². The van der Waals surface area contributed by atoms with E-state index in [1.165, 1.54) is 23.5 Å². The number of esters is 1. The van der Waals surface area contributed by atoms with Gasteiger partial charge in [-0.25, -0.2) is 9.18 Å². The third-order valence-electron chi connectivity index (χ3n) is 3.80. The predicted molar refractivity (Wildman–Crippen MR) is 104 cm³/mol. The van der Waals surface area contributed by atoms with Gasteiger partial charge in [0.05, 0.1) is 18.7 Å². The lowest BCUT2D eigenvalue weighted by Gasteiger charge is -2.06. The highest BCUT2D eigenvalue weighted by Crippen LogP contribution is 2.35. The van der Waals surface area contributed by atoms with Gasteiger partial charge in [0, 0.05) is 4.88 Å². The van der Waals surface area contributed by atoms with Gasteiger partial charge in [-0.15, -0.1) is 11.3 Å². The van der Waals surface area contributed by atoms with E-state index in [4.69, 9.17) is 4.74 Å². The zero-order valence-corrected chi connectivity index (χ0v) is 15.5. The summed E-state index contributed by atoms with van der Waals surface area (Å²) >= 11 is 1.20. The number of carbonyl (C=O) groups excluding carboxylic acids is 2. The molecule has 0 spiro atoms. The predicted octanol–water partition coefficient (Wildman–Crippen LogP) is 4.91. The third kappa shape index (κ3) is 4.80. The van der Waals surface area contributed by atoms with Crippen molar-refractivity contribution in [3.8, 4) is 10.4 Å². The number of benzene rings is 2. The molecule has 0 fully saturated rings. The van der Waals surface area contributed by atoms with E-state index in [0.29, 0.717) is 10.6 Å². The highest BCUT2D eigenvalue weighted by atomic mass is 32.1. The van der Waals surface area contributed by atoms with Crippen LogP contribution < -0.4 is 5.32 Å². The number of hydrogen-bond donors (Lipinski definition) is 1. The number of thiophene rings is 1. The molecule has 0 aliphatic rings. The fourth-order valence-electron chi connectivity index (χ4n) is 2.56. The number of amides is 1. The molecule has 1 aromatic heterocycles. The van der Waals surface area contributed by atoms with Crippen molar-refractivity contribution >= 4 is 28.9 Å². The van der Waals surface area contributed by atoms with Gasteiger partial charge in [0.25, 0.3) is 0 Å². The Hall–Kier alpha value is -2.99. The van der Waals surface area contributed by atoms with E-state index in [1.54, 1.807) is 25.1 Å². The Morgan fingerprint density at radius 1 is 1.07 bits per heavy atom. The Morgan fingerprint density at radius 3 is 2.44 bits per heavy atom. The Kier molecular flexibility index (Phi) is 5.98. The van der Waals surface area contributed by atoms with Gasteiger partial charge >= 0.3 is 5.97 Å². The van der Waals surface area contributed by atoms with Crippen LogP contribution >= 0.6 is 11.3 Å². The monoisotopic (exact) mass is 383 g/mol. The summed E-state index contributed by atoms with van der Waals surface area (Å²) < 4.78 is 18.3. The summed E-state index contributed by atoms with van der Waals surface area (Å²) in [5.41, 5.74) is 2.04. The van der Waals surface area contributed by atoms with Gasteiger partial charge in [-0.05, 0) is 36.2 Å². The molecule has 1 N–H and O–H groups in total. The second-order valence-corrected chi connectivity index (χ2v) is 6.84. The van der Waals surface area contributed by atoms with Crippen molar-refractivity contribution < 1.29 is 18.7 Å². The highest BCUT2D eigenvalue weighted by molar-refractivity contribution is 7.18. The number of halogens is 1. The van der Waals surface area contributed by atoms with Crippen LogP contribution in [0.15, 0.2) is 60.7 Å². The van der Waals surface area contributed by atoms with E-state index in [9.17, 15) is 14.0 Å². The maximum absolute atomic E-state index is 13.2. The van der Waals surface area contributed by atoms with Crippen molar-refractivity contribution in [2.24, 2.45) is 0 Å². The lowest BCUT2D eigenvalue weighted by Crippen LogP contribution is -2.16. The molecule has 3 aromatic rings. The first kappa shape index (κ1) is 18.8. The first-order valence-corrected chi connectivity index (χ1v) is 9.29. The molecule has 1 heterocycles. The lowest BCUT2D eigenvalue weighted by atomic mass is 10.1. The maximum atomic E-state index is 13.2. The quantitative estimate of drug-likeness (QED) is 0.615. The third-order valence-corrected chi connectivity index (χ3v) is 4.97. The number of nitrogens with one attached hydrogen (secondary N) is 1. The molecular weight excluding hydrogens is 365 g/mol. The molecule has 6 heteroatoms. The second-order valence-electron chi connectivity index (χ2n) is 5.79. The molecule has 0 aliphatic carbocycles. The van der Waals surface area contributed by atoms with Crippen molar-refractivity contribution in [1.82, 2.24) is 0 Å². The Morgan fingerprint density at radius 2 is 1.78 bits per heavy atom. The second kappa shape index (κ2) is 8.60. The van der Waals surface area contributed by atoms with Gasteiger partial charge in [0.15, 0.2) is 0 Å². The molecule has 0 atom stereocenters. The summed E-state index contributed by atoms with van der Waals surface area (Å²) in [6.45, 7) is 1.96. The van der Waals surface area contributed by atoms with Crippen LogP contribution in [0.1, 0.15) is 22.2 Å². The van der Waals surface area contributed by atoms with E-state index < -0.39 is 5.97 Å². The van der Waals surface area contributed by atoms with Crippen molar-refractivity contribution in [2.75, 3.05) is 11.9 Å². The minimum atomic E-state index is -0.495. The molecule has 0 saturated carbocycles. The van der Waals surface area contributed by atoms with Gasteiger partial charge in [-0.2, -0.15) is 0 Å². The van der Waals surface area contributed by atoms with Gasteiger partial charge in [0.1, 0.15) is 10.7 Å². The standard InChI is InChI=1S/C21H18FNO3S/c1-2-26-21(25)20-17(23-19(24)12-14-6-4-3-5-7-14)13-18(27-20)15-8-10-16(22)11-9-15/h3-11,13H,2,12H2,1H3,(H,23,24). The fraction of sp³-hybridized carbons (Fsp3) is 0.143. The number of hydrogen-bond acceptors (Lipinski definition) is 4. The van der Waals surface area contributed by atoms with Crippen molar-refractivity contribution in [3.63, 3.8) is 0 Å². The first-order chi connectivity index (χ1) is 13.1. The summed E-state index contributed by atoms with van der Waals surface area (Å²) in [4.78, 5) is 25.7. The Balaban J connectivity index is 1.86. The number of ether oxygens (including phenoxy) is 1. The summed E-state index contributed by atoms with van der Waals surface area (Å²) in [5, 5.41) is 2.80. The molecule has 2 aromatic carbocycles. The highest BCUT2D eigenvalue weighted by Gasteiger charge is 2.20. The average molecular weight is 383 g/mol. The summed E-state index contributed by atoms with van der Waals surface area (Å²) in [5.74, 6) is -1.06. The molecule has 0 radical (unpaired) electrons. The molecule has 0 saturated heterocycles.